The number of anilines is 2. The lowest BCUT2D eigenvalue weighted by Crippen LogP contribution is -2.31. The molecule has 0 saturated carbocycles. The number of hydrogen-bond acceptors (Lipinski definition) is 4. The zero-order chi connectivity index (χ0) is 19.1. The van der Waals surface area contributed by atoms with E-state index in [1.54, 1.807) is 12.1 Å². The van der Waals surface area contributed by atoms with Crippen LogP contribution in [0.1, 0.15) is 42.8 Å². The summed E-state index contributed by atoms with van der Waals surface area (Å²) in [5, 5.41) is 2.84. The van der Waals surface area contributed by atoms with E-state index in [1.165, 1.54) is 6.26 Å². The monoisotopic (exact) mass is 357 g/mol. The molecule has 0 atom stereocenters. The molecule has 0 saturated heterocycles. The molecule has 26 heavy (non-hydrogen) atoms. The van der Waals surface area contributed by atoms with Crippen molar-refractivity contribution in [3.8, 4) is 0 Å². The van der Waals surface area contributed by atoms with E-state index in [9.17, 15) is 9.59 Å². The number of nitrogens with one attached hydrogen (secondary N) is 1. The molecule has 1 heterocycles. The minimum Gasteiger partial charge on any atom is -0.459 e. The molecule has 0 radical (unpaired) electrons. The fraction of sp³-hybridized carbons (Fsp3) is 0.400. The van der Waals surface area contributed by atoms with Crippen LogP contribution in [-0.4, -0.2) is 37.4 Å². The van der Waals surface area contributed by atoms with Gasteiger partial charge in [-0.2, -0.15) is 0 Å². The quantitative estimate of drug-likeness (QED) is 0.781. The van der Waals surface area contributed by atoms with Crippen molar-refractivity contribution in [1.82, 2.24) is 4.90 Å². The number of hydrogen-bond donors (Lipinski definition) is 1. The van der Waals surface area contributed by atoms with Gasteiger partial charge in [-0.1, -0.05) is 13.8 Å². The molecule has 2 rings (SSSR count). The van der Waals surface area contributed by atoms with Gasteiger partial charge >= 0.3 is 0 Å². The van der Waals surface area contributed by atoms with Crippen LogP contribution in [0, 0.1) is 0 Å². The van der Waals surface area contributed by atoms with Crippen LogP contribution < -0.4 is 10.2 Å². The normalized spacial score (nSPS) is 10.5. The summed E-state index contributed by atoms with van der Waals surface area (Å²) in [6.07, 6.45) is 2.85. The summed E-state index contributed by atoms with van der Waals surface area (Å²) in [6, 6.07) is 9.02. The van der Waals surface area contributed by atoms with Gasteiger partial charge in [-0.25, -0.2) is 0 Å². The molecule has 140 valence electrons. The highest BCUT2D eigenvalue weighted by Gasteiger charge is 2.16. The summed E-state index contributed by atoms with van der Waals surface area (Å²) in [5.41, 5.74) is 2.68. The lowest BCUT2D eigenvalue weighted by Gasteiger charge is -2.25. The number of carbonyl (C=O) groups is 2. The third kappa shape index (κ3) is 4.88. The van der Waals surface area contributed by atoms with Crippen LogP contribution in [0.2, 0.25) is 0 Å². The average Bonchev–Trinajstić information content (AvgIpc) is 3.15. The Kier molecular flexibility index (Phi) is 6.83. The van der Waals surface area contributed by atoms with Gasteiger partial charge in [0.25, 0.3) is 5.91 Å². The second-order valence-corrected chi connectivity index (χ2v) is 6.34. The van der Waals surface area contributed by atoms with Crippen molar-refractivity contribution in [2.45, 2.75) is 33.2 Å². The molecule has 2 aromatic rings. The predicted molar refractivity (Wildman–Crippen MR) is 103 cm³/mol. The van der Waals surface area contributed by atoms with Crippen LogP contribution in [-0.2, 0) is 11.3 Å². The van der Waals surface area contributed by atoms with Crippen LogP contribution in [0.3, 0.4) is 0 Å². The summed E-state index contributed by atoms with van der Waals surface area (Å²) in [6.45, 7) is 5.15. The number of benzene rings is 1. The predicted octanol–water partition coefficient (Wildman–Crippen LogP) is 3.75. The van der Waals surface area contributed by atoms with E-state index in [-0.39, 0.29) is 17.6 Å². The van der Waals surface area contributed by atoms with Gasteiger partial charge in [0, 0.05) is 45.0 Å². The van der Waals surface area contributed by atoms with Crippen LogP contribution in [0.25, 0.3) is 0 Å². The molecular formula is C20H27N3O3. The first-order chi connectivity index (χ1) is 12.5. The van der Waals surface area contributed by atoms with Gasteiger partial charge in [-0.15, -0.1) is 0 Å². The van der Waals surface area contributed by atoms with Crippen molar-refractivity contribution in [2.24, 2.45) is 0 Å². The largest absolute Gasteiger partial charge is 0.459 e. The van der Waals surface area contributed by atoms with E-state index in [1.807, 2.05) is 49.0 Å². The summed E-state index contributed by atoms with van der Waals surface area (Å²) >= 11 is 0. The summed E-state index contributed by atoms with van der Waals surface area (Å²) in [5.74, 6) is 0.0900. The Bertz CT molecular complexity index is 739. The third-order valence-corrected chi connectivity index (χ3v) is 4.07. The van der Waals surface area contributed by atoms with Gasteiger partial charge in [0.05, 0.1) is 6.26 Å². The van der Waals surface area contributed by atoms with Gasteiger partial charge in [0.2, 0.25) is 5.91 Å². The van der Waals surface area contributed by atoms with Gasteiger partial charge in [-0.05, 0) is 42.3 Å². The molecule has 0 bridgehead atoms. The van der Waals surface area contributed by atoms with E-state index < -0.39 is 0 Å². The number of rotatable bonds is 8. The molecular weight excluding hydrogens is 330 g/mol. The summed E-state index contributed by atoms with van der Waals surface area (Å²) in [7, 11) is 3.93. The standard InChI is InChI=1S/C20H27N3O3/c1-5-11-23(19(24)6-2)14-15-13-16(9-10-17(15)22(3)4)21-20(25)18-8-7-12-26-18/h7-10,12-13H,5-6,11,14H2,1-4H3,(H,21,25). The lowest BCUT2D eigenvalue weighted by molar-refractivity contribution is -0.131. The van der Waals surface area contributed by atoms with Crippen molar-refractivity contribution in [3.63, 3.8) is 0 Å². The van der Waals surface area contributed by atoms with Crippen molar-refractivity contribution >= 4 is 23.2 Å². The summed E-state index contributed by atoms with van der Waals surface area (Å²) < 4.78 is 5.13. The zero-order valence-corrected chi connectivity index (χ0v) is 15.9. The second-order valence-electron chi connectivity index (χ2n) is 6.34. The van der Waals surface area contributed by atoms with Crippen LogP contribution in [0.5, 0.6) is 0 Å². The fourth-order valence-corrected chi connectivity index (χ4v) is 2.82. The molecule has 2 amide bonds. The Morgan fingerprint density at radius 2 is 1.92 bits per heavy atom. The number of furan rings is 1. The molecule has 0 spiro atoms. The molecule has 0 fully saturated rings. The lowest BCUT2D eigenvalue weighted by atomic mass is 10.1. The number of carbonyl (C=O) groups excluding carboxylic acids is 2. The molecule has 0 unspecified atom stereocenters. The Morgan fingerprint density at radius 1 is 1.15 bits per heavy atom. The van der Waals surface area contributed by atoms with Gasteiger partial charge < -0.3 is 19.5 Å². The van der Waals surface area contributed by atoms with Gasteiger partial charge in [0.15, 0.2) is 5.76 Å². The molecule has 6 heteroatoms. The summed E-state index contributed by atoms with van der Waals surface area (Å²) in [4.78, 5) is 28.3. The highest BCUT2D eigenvalue weighted by atomic mass is 16.3. The fourth-order valence-electron chi connectivity index (χ4n) is 2.82. The van der Waals surface area contributed by atoms with Crippen LogP contribution in [0.15, 0.2) is 41.0 Å². The molecule has 0 aliphatic heterocycles. The smallest absolute Gasteiger partial charge is 0.291 e. The maximum atomic E-state index is 12.2. The highest BCUT2D eigenvalue weighted by molar-refractivity contribution is 6.02. The van der Waals surface area contributed by atoms with Crippen molar-refractivity contribution in [1.29, 1.82) is 0 Å². The molecule has 6 nitrogen and oxygen atoms in total. The maximum Gasteiger partial charge on any atom is 0.291 e. The van der Waals surface area contributed by atoms with Crippen molar-refractivity contribution in [2.75, 3.05) is 30.9 Å². The van der Waals surface area contributed by atoms with Crippen molar-refractivity contribution in [3.05, 3.63) is 47.9 Å². The first-order valence-electron chi connectivity index (χ1n) is 8.89. The zero-order valence-electron chi connectivity index (χ0n) is 15.9. The maximum absolute atomic E-state index is 12.2. The Morgan fingerprint density at radius 3 is 2.50 bits per heavy atom. The molecule has 1 aromatic heterocycles. The molecule has 0 aliphatic carbocycles. The van der Waals surface area contributed by atoms with E-state index in [2.05, 4.69) is 12.2 Å². The Labute approximate surface area is 154 Å². The highest BCUT2D eigenvalue weighted by Crippen LogP contribution is 2.25. The first-order valence-corrected chi connectivity index (χ1v) is 8.89. The van der Waals surface area contributed by atoms with Gasteiger partial charge in [-0.3, -0.25) is 9.59 Å². The topological polar surface area (TPSA) is 65.8 Å². The second kappa shape index (κ2) is 9.08. The minimum absolute atomic E-state index is 0.126. The Balaban J connectivity index is 2.27. The first kappa shape index (κ1) is 19.6. The van der Waals surface area contributed by atoms with Crippen molar-refractivity contribution < 1.29 is 14.0 Å². The molecule has 1 N–H and O–H groups in total. The van der Waals surface area contributed by atoms with Crippen LogP contribution in [0.4, 0.5) is 11.4 Å². The van der Waals surface area contributed by atoms with Gasteiger partial charge in [0.1, 0.15) is 0 Å². The molecule has 1 aromatic carbocycles. The average molecular weight is 357 g/mol. The minimum atomic E-state index is -0.298. The number of nitrogens with zero attached hydrogens (tertiary/aromatic N) is 2. The number of amides is 2. The van der Waals surface area contributed by atoms with E-state index in [0.717, 1.165) is 17.7 Å². The third-order valence-electron chi connectivity index (χ3n) is 4.07. The van der Waals surface area contributed by atoms with E-state index in [0.29, 0.717) is 25.2 Å². The SMILES string of the molecule is CCCN(Cc1cc(NC(=O)c2ccco2)ccc1N(C)C)C(=O)CC. The molecule has 0 aliphatic rings. The Hall–Kier alpha value is -2.76. The van der Waals surface area contributed by atoms with E-state index >= 15 is 0 Å². The van der Waals surface area contributed by atoms with Crippen LogP contribution >= 0.6 is 0 Å². The van der Waals surface area contributed by atoms with E-state index in [4.69, 9.17) is 4.42 Å².